The van der Waals surface area contributed by atoms with Crippen molar-refractivity contribution >= 4 is 57.3 Å². The molecule has 2 aromatic rings. The van der Waals surface area contributed by atoms with Crippen molar-refractivity contribution in [2.75, 3.05) is 22.9 Å². The summed E-state index contributed by atoms with van der Waals surface area (Å²) in [6, 6.07) is 13.8. The number of nitro groups is 1. The lowest BCUT2D eigenvalue weighted by atomic mass is 10.1. The highest BCUT2D eigenvalue weighted by molar-refractivity contribution is 8.27. The van der Waals surface area contributed by atoms with E-state index in [0.29, 0.717) is 14.9 Å². The molecule has 1 fully saturated rings. The zero-order valence-electron chi connectivity index (χ0n) is 15.5. The summed E-state index contributed by atoms with van der Waals surface area (Å²) in [6.45, 7) is 6.09. The van der Waals surface area contributed by atoms with Gasteiger partial charge < -0.3 is 4.90 Å². The van der Waals surface area contributed by atoms with E-state index in [0.717, 1.165) is 24.3 Å². The number of carbonyl (C=O) groups excluding carboxylic acids is 1. The van der Waals surface area contributed by atoms with Gasteiger partial charge in [-0.05, 0) is 49.8 Å². The molecule has 8 heteroatoms. The number of hydrogen-bond donors (Lipinski definition) is 0. The van der Waals surface area contributed by atoms with E-state index in [-0.39, 0.29) is 11.6 Å². The van der Waals surface area contributed by atoms with E-state index in [1.807, 2.05) is 30.3 Å². The first-order valence-corrected chi connectivity index (χ1v) is 10.0. The topological polar surface area (TPSA) is 66.7 Å². The molecule has 0 radical (unpaired) electrons. The van der Waals surface area contributed by atoms with Gasteiger partial charge in [-0.2, -0.15) is 0 Å². The first-order chi connectivity index (χ1) is 13.4. The second-order valence-electron chi connectivity index (χ2n) is 6.05. The Labute approximate surface area is 173 Å². The van der Waals surface area contributed by atoms with Crippen LogP contribution in [-0.4, -0.2) is 28.2 Å². The average molecular weight is 414 g/mol. The Morgan fingerprint density at radius 2 is 1.71 bits per heavy atom. The molecule has 2 aromatic carbocycles. The number of non-ortho nitro benzene ring substituents is 1. The minimum atomic E-state index is -0.476. The molecule has 0 saturated carbocycles. The zero-order chi connectivity index (χ0) is 20.3. The third kappa shape index (κ3) is 4.07. The van der Waals surface area contributed by atoms with Crippen molar-refractivity contribution < 1.29 is 9.72 Å². The minimum Gasteiger partial charge on any atom is -0.372 e. The maximum Gasteiger partial charge on any atom is 0.270 e. The number of benzene rings is 2. The zero-order valence-corrected chi connectivity index (χ0v) is 17.1. The molecule has 6 nitrogen and oxygen atoms in total. The Hall–Kier alpha value is -2.71. The van der Waals surface area contributed by atoms with Gasteiger partial charge in [0.05, 0.1) is 15.5 Å². The third-order valence-electron chi connectivity index (χ3n) is 4.43. The number of carbonyl (C=O) groups is 1. The molecule has 28 heavy (non-hydrogen) atoms. The molecule has 0 aliphatic carbocycles. The summed E-state index contributed by atoms with van der Waals surface area (Å²) < 4.78 is 0.407. The Bertz CT molecular complexity index is 936. The largest absolute Gasteiger partial charge is 0.372 e. The summed E-state index contributed by atoms with van der Waals surface area (Å²) in [7, 11) is 0. The average Bonchev–Trinajstić information content (AvgIpc) is 2.97. The molecule has 144 valence electrons. The molecule has 0 N–H and O–H groups in total. The second-order valence-corrected chi connectivity index (χ2v) is 7.73. The predicted molar refractivity (Wildman–Crippen MR) is 119 cm³/mol. The Balaban J connectivity index is 1.81. The quantitative estimate of drug-likeness (QED) is 0.292. The highest BCUT2D eigenvalue weighted by atomic mass is 32.2. The van der Waals surface area contributed by atoms with Crippen molar-refractivity contribution in [3.05, 3.63) is 69.1 Å². The highest BCUT2D eigenvalue weighted by Crippen LogP contribution is 2.36. The van der Waals surface area contributed by atoms with Crippen molar-refractivity contribution in [3.63, 3.8) is 0 Å². The van der Waals surface area contributed by atoms with Crippen LogP contribution in [0, 0.1) is 10.1 Å². The van der Waals surface area contributed by atoms with Gasteiger partial charge >= 0.3 is 0 Å². The maximum atomic E-state index is 12.8. The van der Waals surface area contributed by atoms with Crippen LogP contribution in [-0.2, 0) is 4.79 Å². The number of amides is 1. The van der Waals surface area contributed by atoms with Crippen molar-refractivity contribution in [2.24, 2.45) is 0 Å². The standard InChI is InChI=1S/C20H19N3O3S2/c1-3-21(4-2)15-7-5-14(6-8-15)13-18-19(24)22(20(27)28-18)16-9-11-17(12-10-16)23(25)26/h5-13H,3-4H2,1-2H3/b18-13-. The fraction of sp³-hybridized carbons (Fsp3) is 0.200. The molecular weight excluding hydrogens is 394 g/mol. The van der Waals surface area contributed by atoms with Gasteiger partial charge in [0.25, 0.3) is 11.6 Å². The lowest BCUT2D eigenvalue weighted by Crippen LogP contribution is -2.27. The summed E-state index contributed by atoms with van der Waals surface area (Å²) in [6.07, 6.45) is 1.82. The van der Waals surface area contributed by atoms with Crippen LogP contribution in [0.3, 0.4) is 0 Å². The van der Waals surface area contributed by atoms with E-state index in [1.54, 1.807) is 0 Å². The number of hydrogen-bond acceptors (Lipinski definition) is 6. The van der Waals surface area contributed by atoms with Crippen molar-refractivity contribution in [2.45, 2.75) is 13.8 Å². The van der Waals surface area contributed by atoms with Crippen LogP contribution in [0.15, 0.2) is 53.4 Å². The number of rotatable bonds is 6. The fourth-order valence-corrected chi connectivity index (χ4v) is 4.23. The van der Waals surface area contributed by atoms with Crippen LogP contribution in [0.25, 0.3) is 6.08 Å². The summed E-state index contributed by atoms with van der Waals surface area (Å²) >= 11 is 6.58. The van der Waals surface area contributed by atoms with Crippen molar-refractivity contribution in [3.8, 4) is 0 Å². The monoisotopic (exact) mass is 413 g/mol. The van der Waals surface area contributed by atoms with Gasteiger partial charge in [0.15, 0.2) is 4.32 Å². The molecule has 0 atom stereocenters. The highest BCUT2D eigenvalue weighted by Gasteiger charge is 2.33. The third-order valence-corrected chi connectivity index (χ3v) is 5.73. The molecule has 0 aromatic heterocycles. The first kappa shape index (κ1) is 20.0. The number of thiocarbonyl (C=S) groups is 1. The van der Waals surface area contributed by atoms with Crippen LogP contribution in [0.4, 0.5) is 17.1 Å². The van der Waals surface area contributed by atoms with Crippen LogP contribution in [0.5, 0.6) is 0 Å². The van der Waals surface area contributed by atoms with E-state index < -0.39 is 4.92 Å². The van der Waals surface area contributed by atoms with Crippen molar-refractivity contribution in [1.29, 1.82) is 0 Å². The number of nitro benzene ring substituents is 1. The lowest BCUT2D eigenvalue weighted by Gasteiger charge is -2.20. The van der Waals surface area contributed by atoms with Gasteiger partial charge in [0.2, 0.25) is 0 Å². The maximum absolute atomic E-state index is 12.8. The van der Waals surface area contributed by atoms with Crippen LogP contribution < -0.4 is 9.80 Å². The molecule has 1 amide bonds. The normalized spacial score (nSPS) is 15.4. The molecular formula is C20H19N3O3S2. The minimum absolute atomic E-state index is 0.0296. The van der Waals surface area contributed by atoms with Crippen molar-refractivity contribution in [1.82, 2.24) is 0 Å². The number of anilines is 2. The van der Waals surface area contributed by atoms with Gasteiger partial charge in [-0.3, -0.25) is 19.8 Å². The van der Waals surface area contributed by atoms with E-state index >= 15 is 0 Å². The van der Waals surface area contributed by atoms with Gasteiger partial charge in [-0.15, -0.1) is 0 Å². The second kappa shape index (κ2) is 8.53. The van der Waals surface area contributed by atoms with E-state index in [2.05, 4.69) is 18.7 Å². The summed E-state index contributed by atoms with van der Waals surface area (Å²) in [4.78, 5) is 27.3. The molecule has 0 bridgehead atoms. The Morgan fingerprint density at radius 1 is 1.11 bits per heavy atom. The molecule has 1 saturated heterocycles. The van der Waals surface area contributed by atoms with E-state index in [1.165, 1.54) is 40.9 Å². The van der Waals surface area contributed by atoms with Crippen LogP contribution >= 0.6 is 24.0 Å². The number of thioether (sulfide) groups is 1. The van der Waals surface area contributed by atoms with Crippen LogP contribution in [0.1, 0.15) is 19.4 Å². The predicted octanol–water partition coefficient (Wildman–Crippen LogP) is 4.85. The smallest absolute Gasteiger partial charge is 0.270 e. The number of nitrogens with zero attached hydrogens (tertiary/aromatic N) is 3. The summed E-state index contributed by atoms with van der Waals surface area (Å²) in [5, 5.41) is 10.8. The fourth-order valence-electron chi connectivity index (χ4n) is 2.94. The molecule has 1 aliphatic heterocycles. The van der Waals surface area contributed by atoms with Gasteiger partial charge in [-0.1, -0.05) is 36.1 Å². The molecule has 1 heterocycles. The Kier molecular flexibility index (Phi) is 6.11. The van der Waals surface area contributed by atoms with Gasteiger partial charge in [0.1, 0.15) is 0 Å². The lowest BCUT2D eigenvalue weighted by molar-refractivity contribution is -0.384. The summed E-state index contributed by atoms with van der Waals surface area (Å²) in [5.41, 5.74) is 2.55. The molecule has 0 unspecified atom stereocenters. The van der Waals surface area contributed by atoms with Gasteiger partial charge in [0, 0.05) is 30.9 Å². The summed E-state index contributed by atoms with van der Waals surface area (Å²) in [5.74, 6) is -0.225. The molecule has 3 rings (SSSR count). The van der Waals surface area contributed by atoms with E-state index in [4.69, 9.17) is 12.2 Å². The van der Waals surface area contributed by atoms with Gasteiger partial charge in [-0.25, -0.2) is 0 Å². The van der Waals surface area contributed by atoms with E-state index in [9.17, 15) is 14.9 Å². The Morgan fingerprint density at radius 3 is 2.25 bits per heavy atom. The first-order valence-electron chi connectivity index (χ1n) is 8.82. The molecule has 0 spiro atoms. The SMILES string of the molecule is CCN(CC)c1ccc(/C=C2\SC(=S)N(c3ccc([N+](=O)[O-])cc3)C2=O)cc1. The van der Waals surface area contributed by atoms with Crippen LogP contribution in [0.2, 0.25) is 0 Å². The molecule has 1 aliphatic rings.